The molecule has 0 bridgehead atoms. The molecule has 2 rings (SSSR count). The third-order valence-electron chi connectivity index (χ3n) is 4.28. The van der Waals surface area contributed by atoms with Crippen LogP contribution in [0.5, 0.6) is 5.75 Å². The van der Waals surface area contributed by atoms with Crippen LogP contribution in [0.2, 0.25) is 0 Å². The van der Waals surface area contributed by atoms with E-state index in [2.05, 4.69) is 22.5 Å². The molecule has 1 aromatic rings. The third kappa shape index (κ3) is 4.44. The highest BCUT2D eigenvalue weighted by atomic mass is 16.5. The molecule has 5 heteroatoms. The van der Waals surface area contributed by atoms with Crippen molar-refractivity contribution < 1.29 is 9.53 Å². The molecule has 1 aliphatic rings. The van der Waals surface area contributed by atoms with Crippen molar-refractivity contribution in [3.8, 4) is 5.75 Å². The molecule has 0 aromatic heterocycles. The number of hydrogen-bond donors (Lipinski definition) is 2. The predicted molar refractivity (Wildman–Crippen MR) is 84.8 cm³/mol. The van der Waals surface area contributed by atoms with Crippen LogP contribution in [0.1, 0.15) is 19.8 Å². The van der Waals surface area contributed by atoms with E-state index in [9.17, 15) is 4.79 Å². The fraction of sp³-hybridized carbons (Fsp3) is 0.562. The number of carbonyl (C=O) groups is 1. The molecular formula is C16H25N3O2. The van der Waals surface area contributed by atoms with Gasteiger partial charge in [0.2, 0.25) is 5.91 Å². The van der Waals surface area contributed by atoms with Gasteiger partial charge in [-0.05, 0) is 38.9 Å². The summed E-state index contributed by atoms with van der Waals surface area (Å²) in [6, 6.07) is 7.42. The van der Waals surface area contributed by atoms with Crippen molar-refractivity contribution in [3.63, 3.8) is 0 Å². The molecule has 1 saturated heterocycles. The molecule has 1 fully saturated rings. The van der Waals surface area contributed by atoms with Gasteiger partial charge in [0.25, 0.3) is 0 Å². The first-order valence-corrected chi connectivity index (χ1v) is 7.40. The number of amides is 1. The SMILES string of the molecule is CNC1(C)CCN(CC(=O)Nc2cccc(OC)c2)CC1. The highest BCUT2D eigenvalue weighted by Gasteiger charge is 2.28. The monoisotopic (exact) mass is 291 g/mol. The normalized spacial score (nSPS) is 18.2. The first kappa shape index (κ1) is 15.8. The Balaban J connectivity index is 1.82. The Kier molecular flexibility index (Phi) is 5.20. The molecule has 1 aliphatic heterocycles. The summed E-state index contributed by atoms with van der Waals surface area (Å²) in [6.07, 6.45) is 2.13. The highest BCUT2D eigenvalue weighted by molar-refractivity contribution is 5.92. The van der Waals surface area contributed by atoms with Gasteiger partial charge in [0.15, 0.2) is 0 Å². The maximum Gasteiger partial charge on any atom is 0.238 e. The van der Waals surface area contributed by atoms with E-state index in [1.165, 1.54) is 0 Å². The number of anilines is 1. The van der Waals surface area contributed by atoms with Crippen molar-refractivity contribution in [2.24, 2.45) is 0 Å². The van der Waals surface area contributed by atoms with E-state index < -0.39 is 0 Å². The van der Waals surface area contributed by atoms with Gasteiger partial charge < -0.3 is 15.4 Å². The minimum Gasteiger partial charge on any atom is -0.497 e. The first-order chi connectivity index (χ1) is 10.0. The molecule has 116 valence electrons. The van der Waals surface area contributed by atoms with Crippen LogP contribution in [0.25, 0.3) is 0 Å². The van der Waals surface area contributed by atoms with E-state index in [1.54, 1.807) is 7.11 Å². The average Bonchev–Trinajstić information content (AvgIpc) is 2.50. The van der Waals surface area contributed by atoms with Crippen LogP contribution in [0.3, 0.4) is 0 Å². The average molecular weight is 291 g/mol. The Bertz CT molecular complexity index is 482. The fourth-order valence-corrected chi connectivity index (χ4v) is 2.56. The molecular weight excluding hydrogens is 266 g/mol. The van der Waals surface area contributed by atoms with Crippen molar-refractivity contribution in [1.29, 1.82) is 0 Å². The molecule has 1 heterocycles. The molecule has 21 heavy (non-hydrogen) atoms. The summed E-state index contributed by atoms with van der Waals surface area (Å²) < 4.78 is 5.15. The van der Waals surface area contributed by atoms with Gasteiger partial charge >= 0.3 is 0 Å². The second-order valence-electron chi connectivity index (χ2n) is 5.87. The predicted octanol–water partition coefficient (Wildman–Crippen LogP) is 1.71. The fourth-order valence-electron chi connectivity index (χ4n) is 2.56. The van der Waals surface area contributed by atoms with E-state index in [4.69, 9.17) is 4.74 Å². The Hall–Kier alpha value is -1.59. The van der Waals surface area contributed by atoms with Crippen LogP contribution >= 0.6 is 0 Å². The number of methoxy groups -OCH3 is 1. The van der Waals surface area contributed by atoms with E-state index in [0.717, 1.165) is 37.4 Å². The molecule has 1 amide bonds. The quantitative estimate of drug-likeness (QED) is 0.867. The summed E-state index contributed by atoms with van der Waals surface area (Å²) in [6.45, 7) is 4.57. The standard InChI is InChI=1S/C16H25N3O2/c1-16(17-2)7-9-19(10-8-16)12-15(20)18-13-5-4-6-14(11-13)21-3/h4-6,11,17H,7-10,12H2,1-3H3,(H,18,20). The van der Waals surface area contributed by atoms with Gasteiger partial charge in [-0.3, -0.25) is 9.69 Å². The second-order valence-corrected chi connectivity index (χ2v) is 5.87. The summed E-state index contributed by atoms with van der Waals surface area (Å²) >= 11 is 0. The molecule has 2 N–H and O–H groups in total. The topological polar surface area (TPSA) is 53.6 Å². The van der Waals surface area contributed by atoms with Crippen molar-refractivity contribution in [2.45, 2.75) is 25.3 Å². The van der Waals surface area contributed by atoms with Gasteiger partial charge in [-0.1, -0.05) is 6.07 Å². The number of benzene rings is 1. The molecule has 0 saturated carbocycles. The maximum atomic E-state index is 12.1. The van der Waals surface area contributed by atoms with E-state index >= 15 is 0 Å². The van der Waals surface area contributed by atoms with Gasteiger partial charge in [-0.2, -0.15) is 0 Å². The molecule has 1 aromatic carbocycles. The lowest BCUT2D eigenvalue weighted by Gasteiger charge is -2.39. The summed E-state index contributed by atoms with van der Waals surface area (Å²) in [4.78, 5) is 14.3. The number of ether oxygens (including phenoxy) is 1. The van der Waals surface area contributed by atoms with E-state index in [-0.39, 0.29) is 11.4 Å². The lowest BCUT2D eigenvalue weighted by molar-refractivity contribution is -0.117. The van der Waals surface area contributed by atoms with Crippen molar-refractivity contribution in [1.82, 2.24) is 10.2 Å². The minimum absolute atomic E-state index is 0.0244. The summed E-state index contributed by atoms with van der Waals surface area (Å²) in [5.74, 6) is 0.770. The molecule has 0 radical (unpaired) electrons. The van der Waals surface area contributed by atoms with Crippen LogP contribution in [0, 0.1) is 0 Å². The molecule has 5 nitrogen and oxygen atoms in total. The van der Waals surface area contributed by atoms with Gasteiger partial charge in [0.05, 0.1) is 13.7 Å². The van der Waals surface area contributed by atoms with E-state index in [0.29, 0.717) is 6.54 Å². The van der Waals surface area contributed by atoms with Crippen LogP contribution in [-0.4, -0.2) is 50.1 Å². The zero-order valence-electron chi connectivity index (χ0n) is 13.1. The molecule has 0 atom stereocenters. The second kappa shape index (κ2) is 6.91. The number of hydrogen-bond acceptors (Lipinski definition) is 4. The van der Waals surface area contributed by atoms with Crippen LogP contribution in [0.4, 0.5) is 5.69 Å². The molecule has 0 unspecified atom stereocenters. The lowest BCUT2D eigenvalue weighted by Crippen LogP contribution is -2.51. The number of piperidine rings is 1. The van der Waals surface area contributed by atoms with Gasteiger partial charge in [0, 0.05) is 30.4 Å². The Morgan fingerprint density at radius 2 is 2.10 bits per heavy atom. The zero-order valence-corrected chi connectivity index (χ0v) is 13.1. The van der Waals surface area contributed by atoms with E-state index in [1.807, 2.05) is 31.3 Å². The van der Waals surface area contributed by atoms with Crippen LogP contribution in [-0.2, 0) is 4.79 Å². The number of nitrogens with zero attached hydrogens (tertiary/aromatic N) is 1. The Morgan fingerprint density at radius 3 is 2.71 bits per heavy atom. The highest BCUT2D eigenvalue weighted by Crippen LogP contribution is 2.21. The number of nitrogens with one attached hydrogen (secondary N) is 2. The number of carbonyl (C=O) groups excluding carboxylic acids is 1. The molecule has 0 spiro atoms. The van der Waals surface area contributed by atoms with Crippen molar-refractivity contribution in [2.75, 3.05) is 39.1 Å². The van der Waals surface area contributed by atoms with Crippen molar-refractivity contribution in [3.05, 3.63) is 24.3 Å². The van der Waals surface area contributed by atoms with Crippen LogP contribution < -0.4 is 15.4 Å². The minimum atomic E-state index is 0.0244. The zero-order chi connectivity index (χ0) is 15.3. The summed E-state index contributed by atoms with van der Waals surface area (Å²) in [5.41, 5.74) is 0.983. The first-order valence-electron chi connectivity index (χ1n) is 7.40. The largest absolute Gasteiger partial charge is 0.497 e. The molecule has 0 aliphatic carbocycles. The Labute approximate surface area is 126 Å². The van der Waals surface area contributed by atoms with Gasteiger partial charge in [0.1, 0.15) is 5.75 Å². The lowest BCUT2D eigenvalue weighted by atomic mass is 9.90. The third-order valence-corrected chi connectivity index (χ3v) is 4.28. The number of rotatable bonds is 5. The van der Waals surface area contributed by atoms with Gasteiger partial charge in [-0.25, -0.2) is 0 Å². The van der Waals surface area contributed by atoms with Crippen LogP contribution in [0.15, 0.2) is 24.3 Å². The smallest absolute Gasteiger partial charge is 0.238 e. The van der Waals surface area contributed by atoms with Gasteiger partial charge in [-0.15, -0.1) is 0 Å². The number of likely N-dealkylation sites (tertiary alicyclic amines) is 1. The van der Waals surface area contributed by atoms with Crippen molar-refractivity contribution >= 4 is 11.6 Å². The maximum absolute atomic E-state index is 12.1. The summed E-state index contributed by atoms with van der Waals surface area (Å²) in [5, 5.41) is 6.29. The Morgan fingerprint density at radius 1 is 1.38 bits per heavy atom. The summed E-state index contributed by atoms with van der Waals surface area (Å²) in [7, 11) is 3.62.